The lowest BCUT2D eigenvalue weighted by molar-refractivity contribution is 0.0856. The molecule has 1 unspecified atom stereocenters. The first kappa shape index (κ1) is 13.6. The predicted molar refractivity (Wildman–Crippen MR) is 82.3 cm³/mol. The topological polar surface area (TPSA) is 20.2 Å². The Bertz CT molecular complexity index is 405. The zero-order valence-electron chi connectivity index (χ0n) is 13.6. The van der Waals surface area contributed by atoms with Gasteiger partial charge >= 0.3 is 0 Å². The molecule has 4 rings (SSSR count). The van der Waals surface area contributed by atoms with Crippen molar-refractivity contribution in [3.05, 3.63) is 0 Å². The zero-order chi connectivity index (χ0) is 14.1. The molecule has 4 fully saturated rings. The van der Waals surface area contributed by atoms with Crippen LogP contribution in [0.5, 0.6) is 0 Å². The van der Waals surface area contributed by atoms with E-state index in [2.05, 4.69) is 20.8 Å². The van der Waals surface area contributed by atoms with Crippen molar-refractivity contribution in [1.82, 2.24) is 0 Å². The smallest absolute Gasteiger partial charge is 0.0546 e. The summed E-state index contributed by atoms with van der Waals surface area (Å²) in [7, 11) is 0. The van der Waals surface area contributed by atoms with Crippen molar-refractivity contribution in [2.75, 3.05) is 0 Å². The molecule has 0 aliphatic heterocycles. The predicted octanol–water partition coefficient (Wildman–Crippen LogP) is 4.64. The van der Waals surface area contributed by atoms with Gasteiger partial charge in [0.2, 0.25) is 0 Å². The second-order valence-electron chi connectivity index (χ2n) is 9.51. The first-order valence-corrected chi connectivity index (χ1v) is 9.09. The Kier molecular flexibility index (Phi) is 2.89. The van der Waals surface area contributed by atoms with E-state index in [4.69, 9.17) is 0 Å². The van der Waals surface area contributed by atoms with E-state index in [1.165, 1.54) is 38.5 Å². The largest absolute Gasteiger partial charge is 0.393 e. The molecule has 4 saturated carbocycles. The van der Waals surface area contributed by atoms with Gasteiger partial charge in [0.1, 0.15) is 0 Å². The molecular weight excluding hydrogens is 244 g/mol. The van der Waals surface area contributed by atoms with Crippen LogP contribution in [0.25, 0.3) is 0 Å². The van der Waals surface area contributed by atoms with Crippen LogP contribution in [0.15, 0.2) is 0 Å². The van der Waals surface area contributed by atoms with Gasteiger partial charge in [0.05, 0.1) is 6.10 Å². The minimum atomic E-state index is 0.0140. The first-order valence-electron chi connectivity index (χ1n) is 9.09. The fourth-order valence-corrected chi connectivity index (χ4v) is 6.77. The van der Waals surface area contributed by atoms with Crippen molar-refractivity contribution >= 4 is 0 Å². The highest BCUT2D eigenvalue weighted by Gasteiger charge is 2.58. The number of aliphatic hydroxyl groups is 1. The second-order valence-corrected chi connectivity index (χ2v) is 9.51. The highest BCUT2D eigenvalue weighted by atomic mass is 16.3. The van der Waals surface area contributed by atoms with Gasteiger partial charge in [-0.1, -0.05) is 20.8 Å². The molecule has 1 N–H and O–H groups in total. The summed E-state index contributed by atoms with van der Waals surface area (Å²) in [4.78, 5) is 0. The first-order chi connectivity index (χ1) is 9.41. The van der Waals surface area contributed by atoms with Crippen LogP contribution in [-0.2, 0) is 0 Å². The Hall–Kier alpha value is -0.0400. The zero-order valence-corrected chi connectivity index (χ0v) is 13.6. The lowest BCUT2D eigenvalue weighted by Gasteiger charge is -2.40. The van der Waals surface area contributed by atoms with Crippen molar-refractivity contribution < 1.29 is 5.11 Å². The van der Waals surface area contributed by atoms with Crippen LogP contribution < -0.4 is 0 Å². The van der Waals surface area contributed by atoms with E-state index in [9.17, 15) is 5.11 Å². The van der Waals surface area contributed by atoms with Crippen LogP contribution in [0.2, 0.25) is 0 Å². The molecule has 4 aliphatic rings. The van der Waals surface area contributed by atoms with Gasteiger partial charge in [0.25, 0.3) is 0 Å². The van der Waals surface area contributed by atoms with E-state index in [0.29, 0.717) is 5.41 Å². The summed E-state index contributed by atoms with van der Waals surface area (Å²) in [5.74, 6) is 4.64. The minimum absolute atomic E-state index is 0.0140. The normalized spacial score (nSPS) is 61.2. The summed E-state index contributed by atoms with van der Waals surface area (Å²) in [6.07, 6.45) is 11.0. The van der Waals surface area contributed by atoms with Crippen molar-refractivity contribution in [2.45, 2.75) is 78.2 Å². The van der Waals surface area contributed by atoms with E-state index in [1.807, 2.05) is 0 Å². The Morgan fingerprint density at radius 2 is 1.85 bits per heavy atom. The quantitative estimate of drug-likeness (QED) is 0.779. The molecule has 1 heteroatoms. The SMILES string of the molecule is C[C@H]1C2C[C@@]2(C)CC[C@@H]1C[C@]1(C)CC[C@@H]2C[C@H](O)C[C@@H]21. The molecular formula is C19H32O. The van der Waals surface area contributed by atoms with Gasteiger partial charge in [-0.05, 0) is 91.8 Å². The maximum absolute atomic E-state index is 10.0. The molecule has 114 valence electrons. The molecule has 0 heterocycles. The van der Waals surface area contributed by atoms with Crippen LogP contribution in [0, 0.1) is 40.4 Å². The van der Waals surface area contributed by atoms with Gasteiger partial charge < -0.3 is 5.11 Å². The Morgan fingerprint density at radius 3 is 2.65 bits per heavy atom. The molecule has 0 saturated heterocycles. The third kappa shape index (κ3) is 1.91. The third-order valence-electron chi connectivity index (χ3n) is 8.27. The average molecular weight is 276 g/mol. The monoisotopic (exact) mass is 276 g/mol. The summed E-state index contributed by atoms with van der Waals surface area (Å²) in [6.45, 7) is 7.62. The Balaban J connectivity index is 1.46. The maximum atomic E-state index is 10.0. The van der Waals surface area contributed by atoms with Gasteiger partial charge in [-0.3, -0.25) is 0 Å². The van der Waals surface area contributed by atoms with Gasteiger partial charge in [-0.2, -0.15) is 0 Å². The third-order valence-corrected chi connectivity index (χ3v) is 8.27. The summed E-state index contributed by atoms with van der Waals surface area (Å²) < 4.78 is 0. The lowest BCUT2D eigenvalue weighted by Crippen LogP contribution is -2.32. The summed E-state index contributed by atoms with van der Waals surface area (Å²) in [5, 5.41) is 10.0. The van der Waals surface area contributed by atoms with E-state index in [0.717, 1.165) is 47.8 Å². The van der Waals surface area contributed by atoms with Gasteiger partial charge in [0, 0.05) is 0 Å². The van der Waals surface area contributed by atoms with Crippen molar-refractivity contribution in [3.63, 3.8) is 0 Å². The van der Waals surface area contributed by atoms with E-state index in [-0.39, 0.29) is 6.10 Å². The number of aliphatic hydroxyl groups excluding tert-OH is 1. The van der Waals surface area contributed by atoms with Crippen LogP contribution >= 0.6 is 0 Å². The molecule has 0 radical (unpaired) electrons. The molecule has 20 heavy (non-hydrogen) atoms. The summed E-state index contributed by atoms with van der Waals surface area (Å²) >= 11 is 0. The average Bonchev–Trinajstić information content (AvgIpc) is 2.81. The number of hydrogen-bond acceptors (Lipinski definition) is 1. The molecule has 1 nitrogen and oxygen atoms in total. The number of hydrogen-bond donors (Lipinski definition) is 1. The molecule has 0 aromatic heterocycles. The summed E-state index contributed by atoms with van der Waals surface area (Å²) in [5.41, 5.74) is 1.28. The van der Waals surface area contributed by atoms with Gasteiger partial charge in [0.15, 0.2) is 0 Å². The van der Waals surface area contributed by atoms with E-state index in [1.54, 1.807) is 0 Å². The Labute approximate surface area is 124 Å². The highest BCUT2D eigenvalue weighted by molar-refractivity contribution is 5.08. The molecule has 8 atom stereocenters. The van der Waals surface area contributed by atoms with Crippen LogP contribution in [0.4, 0.5) is 0 Å². The van der Waals surface area contributed by atoms with E-state index >= 15 is 0 Å². The molecule has 0 aromatic carbocycles. The molecule has 0 spiro atoms. The van der Waals surface area contributed by atoms with E-state index < -0.39 is 0 Å². The minimum Gasteiger partial charge on any atom is -0.393 e. The number of fused-ring (bicyclic) bond motifs is 2. The van der Waals surface area contributed by atoms with Crippen LogP contribution in [0.3, 0.4) is 0 Å². The highest BCUT2D eigenvalue weighted by Crippen LogP contribution is 2.67. The molecule has 4 aliphatic carbocycles. The fraction of sp³-hybridized carbons (Fsp3) is 1.00. The maximum Gasteiger partial charge on any atom is 0.0546 e. The second kappa shape index (κ2) is 4.24. The van der Waals surface area contributed by atoms with Crippen LogP contribution in [0.1, 0.15) is 72.1 Å². The molecule has 0 bridgehead atoms. The standard InChI is InChI=1S/C19H32O/c1-12-14(5-7-19(3)11-17(12)19)10-18(2)6-4-13-8-15(20)9-16(13)18/h12-17,20H,4-11H2,1-3H3/t12-,13-,14-,15+,16+,17?,18+,19-/m1/s1. The molecule has 0 amide bonds. The van der Waals surface area contributed by atoms with Gasteiger partial charge in [-0.25, -0.2) is 0 Å². The molecule has 0 aromatic rings. The summed E-state index contributed by atoms with van der Waals surface area (Å²) in [6, 6.07) is 0. The number of rotatable bonds is 2. The van der Waals surface area contributed by atoms with Crippen LogP contribution in [-0.4, -0.2) is 11.2 Å². The lowest BCUT2D eigenvalue weighted by atomic mass is 9.65. The van der Waals surface area contributed by atoms with Crippen molar-refractivity contribution in [3.8, 4) is 0 Å². The van der Waals surface area contributed by atoms with Crippen molar-refractivity contribution in [2.24, 2.45) is 40.4 Å². The van der Waals surface area contributed by atoms with Gasteiger partial charge in [-0.15, -0.1) is 0 Å². The Morgan fingerprint density at radius 1 is 1.05 bits per heavy atom. The van der Waals surface area contributed by atoms with Crippen molar-refractivity contribution in [1.29, 1.82) is 0 Å². The fourth-order valence-electron chi connectivity index (χ4n) is 6.77.